The molecule has 0 aliphatic carbocycles. The van der Waals surface area contributed by atoms with Crippen LogP contribution in [0.4, 0.5) is 11.6 Å². The van der Waals surface area contributed by atoms with Gasteiger partial charge in [-0.2, -0.15) is 0 Å². The van der Waals surface area contributed by atoms with Gasteiger partial charge < -0.3 is 15.3 Å². The number of pyridine rings is 2. The number of carbonyl (C=O) groups excluding carboxylic acids is 1. The van der Waals surface area contributed by atoms with E-state index in [1.165, 1.54) is 0 Å². The molecule has 2 N–H and O–H groups in total. The largest absolute Gasteiger partial charge is 0.392 e. The summed E-state index contributed by atoms with van der Waals surface area (Å²) in [6, 6.07) is 19.4. The number of amides is 1. The lowest BCUT2D eigenvalue weighted by atomic mass is 10.2. The summed E-state index contributed by atoms with van der Waals surface area (Å²) in [4.78, 5) is 28.3. The zero-order chi connectivity index (χ0) is 24.6. The Morgan fingerprint density at radius 2 is 1.94 bits per heavy atom. The maximum Gasteiger partial charge on any atom is 0.220 e. The Labute approximate surface area is 209 Å². The number of nitrogens with zero attached hydrogens (tertiary/aromatic N) is 4. The van der Waals surface area contributed by atoms with E-state index in [-0.39, 0.29) is 18.6 Å². The average Bonchev–Trinajstić information content (AvgIpc) is 3.55. The monoisotopic (exact) mass is 487 g/mol. The molecule has 0 spiro atoms. The summed E-state index contributed by atoms with van der Waals surface area (Å²) in [6.07, 6.45) is 5.63. The van der Waals surface area contributed by atoms with Gasteiger partial charge in [0, 0.05) is 25.9 Å². The van der Waals surface area contributed by atoms with Crippen LogP contribution in [0.15, 0.2) is 73.1 Å². The molecule has 1 atom stereocenters. The lowest BCUT2D eigenvalue weighted by Crippen LogP contribution is -2.27. The molecule has 1 aliphatic heterocycles. The molecule has 4 aromatic rings. The molecule has 7 nitrogen and oxygen atoms in total. The third-order valence-corrected chi connectivity index (χ3v) is 6.79. The van der Waals surface area contributed by atoms with Crippen LogP contribution < -0.4 is 5.32 Å². The van der Waals surface area contributed by atoms with Gasteiger partial charge in [0.1, 0.15) is 16.6 Å². The van der Waals surface area contributed by atoms with Gasteiger partial charge in [-0.15, -0.1) is 11.3 Å². The molecule has 0 saturated carbocycles. The predicted molar refractivity (Wildman–Crippen MR) is 139 cm³/mol. The average molecular weight is 488 g/mol. The number of likely N-dealkylation sites (tertiary alicyclic amines) is 1. The summed E-state index contributed by atoms with van der Waals surface area (Å²) in [5.74, 6) is 1.63. The number of aliphatic hydroxyl groups is 1. The molecule has 5 rings (SSSR count). The second kappa shape index (κ2) is 11.7. The van der Waals surface area contributed by atoms with Crippen molar-refractivity contribution in [1.82, 2.24) is 19.9 Å². The van der Waals surface area contributed by atoms with Gasteiger partial charge in [-0.3, -0.25) is 4.79 Å². The van der Waals surface area contributed by atoms with Crippen molar-refractivity contribution in [2.75, 3.05) is 11.9 Å². The molecule has 1 saturated heterocycles. The molecule has 1 unspecified atom stereocenters. The van der Waals surface area contributed by atoms with Crippen molar-refractivity contribution in [3.8, 4) is 10.6 Å². The Kier molecular flexibility index (Phi) is 8.18. The number of aryl methyl sites for hydroxylation is 1. The summed E-state index contributed by atoms with van der Waals surface area (Å²) in [6.45, 7) is 4.61. The third kappa shape index (κ3) is 6.49. The quantitative estimate of drug-likeness (QED) is 0.385. The van der Waals surface area contributed by atoms with E-state index in [0.29, 0.717) is 0 Å². The fourth-order valence-electron chi connectivity index (χ4n) is 3.92. The molecule has 3 aromatic heterocycles. The highest BCUT2D eigenvalue weighted by molar-refractivity contribution is 7.15. The molecule has 0 radical (unpaired) electrons. The molecule has 1 aromatic carbocycles. The maximum atomic E-state index is 11.8. The van der Waals surface area contributed by atoms with Crippen LogP contribution in [-0.4, -0.2) is 37.4 Å². The lowest BCUT2D eigenvalue weighted by molar-refractivity contribution is -0.129. The topological polar surface area (TPSA) is 91.2 Å². The molecule has 0 bridgehead atoms. The van der Waals surface area contributed by atoms with E-state index in [1.54, 1.807) is 24.5 Å². The van der Waals surface area contributed by atoms with Crippen LogP contribution in [0.3, 0.4) is 0 Å². The Hall–Kier alpha value is -3.62. The van der Waals surface area contributed by atoms with E-state index in [9.17, 15) is 4.79 Å². The van der Waals surface area contributed by atoms with Crippen molar-refractivity contribution in [1.29, 1.82) is 0 Å². The fourth-order valence-corrected chi connectivity index (χ4v) is 4.96. The SMILES string of the molecule is CC(=O)N1CCCC1c1ncc(-c2cccc(Nc3cc(C)ccn3)n2)s1.OCc1ccccc1. The summed E-state index contributed by atoms with van der Waals surface area (Å²) in [5, 5.41) is 12.8. The number of benzene rings is 1. The van der Waals surface area contributed by atoms with Gasteiger partial charge in [0.15, 0.2) is 0 Å². The number of nitrogens with one attached hydrogen (secondary N) is 1. The maximum absolute atomic E-state index is 11.8. The van der Waals surface area contributed by atoms with E-state index >= 15 is 0 Å². The van der Waals surface area contributed by atoms with E-state index in [1.807, 2.05) is 78.7 Å². The van der Waals surface area contributed by atoms with Crippen molar-refractivity contribution in [2.24, 2.45) is 0 Å². The van der Waals surface area contributed by atoms with E-state index in [4.69, 9.17) is 10.1 Å². The molecule has 8 heteroatoms. The molecule has 4 heterocycles. The minimum atomic E-state index is 0.0963. The Bertz CT molecular complexity index is 1260. The first-order chi connectivity index (χ1) is 17.0. The zero-order valence-electron chi connectivity index (χ0n) is 19.9. The highest BCUT2D eigenvalue weighted by Crippen LogP contribution is 2.37. The minimum absolute atomic E-state index is 0.0963. The van der Waals surface area contributed by atoms with Gasteiger partial charge in [-0.25, -0.2) is 15.0 Å². The first-order valence-electron chi connectivity index (χ1n) is 11.6. The Morgan fingerprint density at radius 1 is 1.11 bits per heavy atom. The van der Waals surface area contributed by atoms with E-state index in [2.05, 4.69) is 15.3 Å². The molecular weight excluding hydrogens is 458 g/mol. The molecule has 35 heavy (non-hydrogen) atoms. The van der Waals surface area contributed by atoms with Crippen LogP contribution in [-0.2, 0) is 11.4 Å². The first kappa shape index (κ1) is 24.5. The van der Waals surface area contributed by atoms with Gasteiger partial charge in [0.25, 0.3) is 0 Å². The summed E-state index contributed by atoms with van der Waals surface area (Å²) in [5.41, 5.74) is 2.97. The number of hydrogen-bond donors (Lipinski definition) is 2. The standard InChI is InChI=1S/C20H21N5OS.C7H8O/c1-13-8-9-21-19(11-13)24-18-7-3-5-15(23-18)17-12-22-20(27-17)16-6-4-10-25(16)14(2)26;8-6-7-4-2-1-3-5-7/h3,5,7-9,11-12,16H,4,6,10H2,1-2H3,(H,21,23,24);1-5,8H,6H2. The Balaban J connectivity index is 0.000000308. The smallest absolute Gasteiger partial charge is 0.220 e. The lowest BCUT2D eigenvalue weighted by Gasteiger charge is -2.21. The van der Waals surface area contributed by atoms with Crippen molar-refractivity contribution < 1.29 is 9.90 Å². The number of aromatic nitrogens is 3. The van der Waals surface area contributed by atoms with Gasteiger partial charge in [0.2, 0.25) is 5.91 Å². The van der Waals surface area contributed by atoms with Gasteiger partial charge >= 0.3 is 0 Å². The van der Waals surface area contributed by atoms with Crippen LogP contribution in [0, 0.1) is 6.92 Å². The van der Waals surface area contributed by atoms with Crippen molar-refractivity contribution in [2.45, 2.75) is 39.3 Å². The number of anilines is 2. The molecule has 1 fully saturated rings. The fraction of sp³-hybridized carbons (Fsp3) is 0.259. The van der Waals surface area contributed by atoms with E-state index < -0.39 is 0 Å². The van der Waals surface area contributed by atoms with Gasteiger partial charge in [-0.1, -0.05) is 36.4 Å². The van der Waals surface area contributed by atoms with Gasteiger partial charge in [0.05, 0.1) is 23.2 Å². The second-order valence-corrected chi connectivity index (χ2v) is 9.39. The molecular formula is C27H29N5O2S. The number of aliphatic hydroxyl groups excluding tert-OH is 1. The van der Waals surface area contributed by atoms with E-state index in [0.717, 1.165) is 57.7 Å². The van der Waals surface area contributed by atoms with Crippen LogP contribution in [0.25, 0.3) is 10.6 Å². The van der Waals surface area contributed by atoms with Crippen LogP contribution in [0.1, 0.15) is 41.9 Å². The first-order valence-corrected chi connectivity index (χ1v) is 12.4. The van der Waals surface area contributed by atoms with Crippen molar-refractivity contribution >= 4 is 28.9 Å². The number of carbonyl (C=O) groups is 1. The molecule has 1 amide bonds. The molecule has 180 valence electrons. The van der Waals surface area contributed by atoms with Crippen molar-refractivity contribution in [3.05, 3.63) is 89.2 Å². The third-order valence-electron chi connectivity index (χ3n) is 5.66. The summed E-state index contributed by atoms with van der Waals surface area (Å²) in [7, 11) is 0. The van der Waals surface area contributed by atoms with Crippen LogP contribution >= 0.6 is 11.3 Å². The Morgan fingerprint density at radius 3 is 2.66 bits per heavy atom. The normalized spacial score (nSPS) is 14.8. The number of rotatable bonds is 5. The zero-order valence-corrected chi connectivity index (χ0v) is 20.7. The highest BCUT2D eigenvalue weighted by Gasteiger charge is 2.30. The number of hydrogen-bond acceptors (Lipinski definition) is 7. The summed E-state index contributed by atoms with van der Waals surface area (Å²) >= 11 is 1.61. The summed E-state index contributed by atoms with van der Waals surface area (Å²) < 4.78 is 0. The van der Waals surface area contributed by atoms with Crippen LogP contribution in [0.5, 0.6) is 0 Å². The predicted octanol–water partition coefficient (Wildman–Crippen LogP) is 5.51. The minimum Gasteiger partial charge on any atom is -0.392 e. The molecule has 1 aliphatic rings. The number of thiazole rings is 1. The van der Waals surface area contributed by atoms with Crippen molar-refractivity contribution in [3.63, 3.8) is 0 Å². The van der Waals surface area contributed by atoms with Gasteiger partial charge in [-0.05, 0) is 55.2 Å². The highest BCUT2D eigenvalue weighted by atomic mass is 32.1. The second-order valence-electron chi connectivity index (χ2n) is 8.33. The van der Waals surface area contributed by atoms with Crippen LogP contribution in [0.2, 0.25) is 0 Å².